The Morgan fingerprint density at radius 3 is 2.17 bits per heavy atom. The molecule has 2 aliphatic rings. The number of hydrogen-bond acceptors (Lipinski definition) is 5. The highest BCUT2D eigenvalue weighted by atomic mass is 16.6. The van der Waals surface area contributed by atoms with Crippen LogP contribution in [0.5, 0.6) is 0 Å². The van der Waals surface area contributed by atoms with Gasteiger partial charge in [-0.2, -0.15) is 0 Å². The summed E-state index contributed by atoms with van der Waals surface area (Å²) in [4.78, 5) is 53.5. The number of aryl methyl sites for hydroxylation is 1. The van der Waals surface area contributed by atoms with E-state index in [1.54, 1.807) is 20.8 Å². The van der Waals surface area contributed by atoms with Gasteiger partial charge in [-0.15, -0.1) is 0 Å². The molecule has 0 aliphatic heterocycles. The first-order chi connectivity index (χ1) is 16.9. The molecular weight excluding hydrogens is 460 g/mol. The Bertz CT molecular complexity index is 946. The van der Waals surface area contributed by atoms with Crippen LogP contribution < -0.4 is 16.4 Å². The van der Waals surface area contributed by atoms with E-state index in [1.165, 1.54) is 4.90 Å². The summed E-state index contributed by atoms with van der Waals surface area (Å²) in [7, 11) is 0. The average molecular weight is 501 g/mol. The van der Waals surface area contributed by atoms with Crippen molar-refractivity contribution in [3.05, 3.63) is 35.4 Å². The van der Waals surface area contributed by atoms with Crippen molar-refractivity contribution >= 4 is 23.8 Å². The van der Waals surface area contributed by atoms with Crippen LogP contribution in [0.25, 0.3) is 0 Å². The average Bonchev–Trinajstić information content (AvgIpc) is 3.61. The molecule has 2 atom stereocenters. The number of carbonyl (C=O) groups excluding carboxylic acids is 4. The molecule has 2 unspecified atom stereocenters. The van der Waals surface area contributed by atoms with Gasteiger partial charge in [0, 0.05) is 12.1 Å². The fraction of sp³-hybridized carbons (Fsp3) is 0.630. The zero-order valence-corrected chi connectivity index (χ0v) is 21.8. The number of hydrogen-bond donors (Lipinski definition) is 3. The second-order valence-electron chi connectivity index (χ2n) is 11.0. The second kappa shape index (κ2) is 11.8. The molecule has 9 nitrogen and oxygen atoms in total. The minimum atomic E-state index is -1.24. The van der Waals surface area contributed by atoms with Gasteiger partial charge in [-0.05, 0) is 58.9 Å². The number of nitrogens with two attached hydrogens (primary N) is 1. The molecule has 0 bridgehead atoms. The normalized spacial score (nSPS) is 18.0. The minimum absolute atomic E-state index is 0.0664. The molecule has 2 aliphatic carbocycles. The third-order valence-electron chi connectivity index (χ3n) is 6.46. The summed E-state index contributed by atoms with van der Waals surface area (Å²) in [5, 5.41) is 5.68. The van der Waals surface area contributed by atoms with Gasteiger partial charge in [-0.25, -0.2) is 4.79 Å². The largest absolute Gasteiger partial charge is 0.444 e. The van der Waals surface area contributed by atoms with E-state index < -0.39 is 42.0 Å². The van der Waals surface area contributed by atoms with Gasteiger partial charge in [0.1, 0.15) is 17.7 Å². The Kier molecular flexibility index (Phi) is 8.98. The fourth-order valence-corrected chi connectivity index (χ4v) is 4.62. The Labute approximate surface area is 213 Å². The predicted molar refractivity (Wildman–Crippen MR) is 136 cm³/mol. The zero-order chi connectivity index (χ0) is 26.5. The summed E-state index contributed by atoms with van der Waals surface area (Å²) in [5.74, 6) is -1.51. The molecule has 2 fully saturated rings. The maximum atomic E-state index is 13.9. The van der Waals surface area contributed by atoms with Crippen molar-refractivity contribution in [2.24, 2.45) is 5.73 Å². The molecule has 0 radical (unpaired) electrons. The lowest BCUT2D eigenvalue weighted by Gasteiger charge is -2.35. The monoisotopic (exact) mass is 500 g/mol. The van der Waals surface area contributed by atoms with Gasteiger partial charge in [-0.1, -0.05) is 49.1 Å². The van der Waals surface area contributed by atoms with Gasteiger partial charge in [0.15, 0.2) is 0 Å². The van der Waals surface area contributed by atoms with E-state index in [2.05, 4.69) is 10.6 Å². The lowest BCUT2D eigenvalue weighted by molar-refractivity contribution is -0.144. The van der Waals surface area contributed by atoms with E-state index in [4.69, 9.17) is 10.5 Å². The van der Waals surface area contributed by atoms with Crippen molar-refractivity contribution in [1.82, 2.24) is 15.5 Å². The molecule has 9 heteroatoms. The summed E-state index contributed by atoms with van der Waals surface area (Å²) in [6.07, 6.45) is 5.36. The van der Waals surface area contributed by atoms with Crippen LogP contribution in [-0.2, 0) is 19.1 Å². The van der Waals surface area contributed by atoms with Gasteiger partial charge in [0.05, 0.1) is 6.42 Å². The van der Waals surface area contributed by atoms with Crippen LogP contribution in [0.1, 0.15) is 89.3 Å². The number of nitrogens with zero attached hydrogens (tertiary/aromatic N) is 1. The molecule has 1 aromatic rings. The Hall–Kier alpha value is -3.10. The summed E-state index contributed by atoms with van der Waals surface area (Å²) in [6, 6.07) is 5.29. The van der Waals surface area contributed by atoms with Crippen molar-refractivity contribution in [1.29, 1.82) is 0 Å². The number of alkyl carbamates (subject to hydrolysis) is 1. The van der Waals surface area contributed by atoms with E-state index in [0.29, 0.717) is 5.56 Å². The summed E-state index contributed by atoms with van der Waals surface area (Å²) >= 11 is 0. The fourth-order valence-electron chi connectivity index (χ4n) is 4.62. The number of benzene rings is 1. The highest BCUT2D eigenvalue weighted by Gasteiger charge is 2.44. The van der Waals surface area contributed by atoms with Crippen molar-refractivity contribution < 1.29 is 23.9 Å². The molecule has 2 saturated carbocycles. The molecule has 1 aromatic carbocycles. The van der Waals surface area contributed by atoms with Crippen LogP contribution in [0, 0.1) is 6.92 Å². The number of nitrogens with one attached hydrogen (secondary N) is 2. The first kappa shape index (κ1) is 27.5. The number of ether oxygens (including phenoxy) is 1. The molecule has 0 heterocycles. The SMILES string of the molecule is Cc1ccc(C(C(=O)NC2CCCCC2)N(C(=O)C(CC(N)=O)NC(=O)OC(C)(C)C)C2CC2)cc1. The summed E-state index contributed by atoms with van der Waals surface area (Å²) < 4.78 is 5.31. The van der Waals surface area contributed by atoms with Crippen LogP contribution in [0.15, 0.2) is 24.3 Å². The maximum absolute atomic E-state index is 13.9. The van der Waals surface area contributed by atoms with E-state index in [1.807, 2.05) is 31.2 Å². The van der Waals surface area contributed by atoms with Gasteiger partial charge in [0.2, 0.25) is 17.7 Å². The highest BCUT2D eigenvalue weighted by Crippen LogP contribution is 2.36. The molecule has 4 N–H and O–H groups in total. The third-order valence-corrected chi connectivity index (χ3v) is 6.46. The smallest absolute Gasteiger partial charge is 0.408 e. The maximum Gasteiger partial charge on any atom is 0.408 e. The standard InChI is InChI=1S/C27H40N4O5/c1-17-10-12-18(13-11-17)23(24(33)29-19-8-6-5-7-9-19)31(20-14-15-20)25(34)21(16-22(28)32)30-26(35)36-27(2,3)4/h10-13,19-21,23H,5-9,14-16H2,1-4H3,(H2,28,32)(H,29,33)(H,30,35). The van der Waals surface area contributed by atoms with E-state index >= 15 is 0 Å². The van der Waals surface area contributed by atoms with E-state index in [9.17, 15) is 19.2 Å². The summed E-state index contributed by atoms with van der Waals surface area (Å²) in [6.45, 7) is 7.07. The van der Waals surface area contributed by atoms with Crippen LogP contribution >= 0.6 is 0 Å². The van der Waals surface area contributed by atoms with E-state index in [-0.39, 0.29) is 18.0 Å². The van der Waals surface area contributed by atoms with Crippen LogP contribution in [0.4, 0.5) is 4.79 Å². The number of rotatable bonds is 9. The topological polar surface area (TPSA) is 131 Å². The van der Waals surface area contributed by atoms with Crippen LogP contribution in [-0.4, -0.2) is 52.4 Å². The third kappa shape index (κ3) is 7.96. The highest BCUT2D eigenvalue weighted by molar-refractivity contribution is 5.95. The predicted octanol–water partition coefficient (Wildman–Crippen LogP) is 3.24. The lowest BCUT2D eigenvalue weighted by atomic mass is 9.94. The van der Waals surface area contributed by atoms with Gasteiger partial charge < -0.3 is 26.0 Å². The first-order valence-corrected chi connectivity index (χ1v) is 12.9. The second-order valence-corrected chi connectivity index (χ2v) is 11.0. The molecule has 4 amide bonds. The Balaban J connectivity index is 1.92. The number of primary amides is 1. The van der Waals surface area contributed by atoms with Crippen LogP contribution in [0.3, 0.4) is 0 Å². The minimum Gasteiger partial charge on any atom is -0.444 e. The van der Waals surface area contributed by atoms with Crippen molar-refractivity contribution in [2.45, 2.75) is 109 Å². The summed E-state index contributed by atoms with van der Waals surface area (Å²) in [5.41, 5.74) is 6.36. The Morgan fingerprint density at radius 1 is 1.03 bits per heavy atom. The van der Waals surface area contributed by atoms with Gasteiger partial charge in [-0.3, -0.25) is 14.4 Å². The molecule has 0 aromatic heterocycles. The first-order valence-electron chi connectivity index (χ1n) is 12.9. The van der Waals surface area contributed by atoms with Gasteiger partial charge >= 0.3 is 6.09 Å². The zero-order valence-electron chi connectivity index (χ0n) is 21.8. The van der Waals surface area contributed by atoms with Crippen molar-refractivity contribution in [3.8, 4) is 0 Å². The molecule has 36 heavy (non-hydrogen) atoms. The molecule has 0 spiro atoms. The Morgan fingerprint density at radius 2 is 1.64 bits per heavy atom. The number of amides is 4. The molecular formula is C27H40N4O5. The quantitative estimate of drug-likeness (QED) is 0.479. The molecule has 0 saturated heterocycles. The lowest BCUT2D eigenvalue weighted by Crippen LogP contribution is -2.55. The molecule has 198 valence electrons. The van der Waals surface area contributed by atoms with Crippen molar-refractivity contribution in [3.63, 3.8) is 0 Å². The van der Waals surface area contributed by atoms with Crippen molar-refractivity contribution in [2.75, 3.05) is 0 Å². The van der Waals surface area contributed by atoms with Gasteiger partial charge in [0.25, 0.3) is 0 Å². The van der Waals surface area contributed by atoms with Crippen LogP contribution in [0.2, 0.25) is 0 Å². The van der Waals surface area contributed by atoms with E-state index in [0.717, 1.165) is 50.5 Å². The number of carbonyl (C=O) groups is 4. The molecule has 3 rings (SSSR count).